The molecule has 2 aromatic carbocycles. The number of ketones is 2. The van der Waals surface area contributed by atoms with E-state index in [0.29, 0.717) is 0 Å². The Balaban J connectivity index is 2.38. The Morgan fingerprint density at radius 1 is 0.900 bits per heavy atom. The van der Waals surface area contributed by atoms with E-state index in [1.807, 2.05) is 0 Å². The Hall–Kier alpha value is -2.95. The van der Waals surface area contributed by atoms with Gasteiger partial charge in [0, 0.05) is 16.7 Å². The van der Waals surface area contributed by atoms with Gasteiger partial charge < -0.3 is 10.8 Å². The maximum Gasteiger partial charge on any atom is 0.249 e. The van der Waals surface area contributed by atoms with Crippen LogP contribution in [0.3, 0.4) is 0 Å². The molecule has 1 aliphatic rings. The van der Waals surface area contributed by atoms with Crippen LogP contribution in [0.4, 0.5) is 0 Å². The second-order valence-electron chi connectivity index (χ2n) is 4.45. The minimum absolute atomic E-state index is 0.00287. The lowest BCUT2D eigenvalue weighted by Gasteiger charge is -2.19. The second kappa shape index (κ2) is 4.03. The maximum absolute atomic E-state index is 12.5. The highest BCUT2D eigenvalue weighted by Gasteiger charge is 2.34. The lowest BCUT2D eigenvalue weighted by Crippen LogP contribution is -2.25. The molecular formula is C15H9NO4. The number of aromatic hydroxyl groups is 1. The molecule has 0 radical (unpaired) electrons. The molecule has 1 aliphatic carbocycles. The van der Waals surface area contributed by atoms with E-state index in [0.717, 1.165) is 0 Å². The zero-order valence-electron chi connectivity index (χ0n) is 10.2. The summed E-state index contributed by atoms with van der Waals surface area (Å²) in [6.45, 7) is 0. The van der Waals surface area contributed by atoms with Crippen LogP contribution in [0.5, 0.6) is 5.75 Å². The fourth-order valence-electron chi connectivity index (χ4n) is 2.43. The summed E-state index contributed by atoms with van der Waals surface area (Å²) in [6, 6.07) is 8.58. The lowest BCUT2D eigenvalue weighted by molar-refractivity contribution is 0.0962. The second-order valence-corrected chi connectivity index (χ2v) is 4.45. The normalized spacial score (nSPS) is 12.8. The lowest BCUT2D eigenvalue weighted by atomic mass is 9.81. The minimum Gasteiger partial charge on any atom is -0.507 e. The van der Waals surface area contributed by atoms with Gasteiger partial charge in [-0.05, 0) is 12.1 Å². The predicted octanol–water partition coefficient (Wildman–Crippen LogP) is 1.27. The zero-order valence-corrected chi connectivity index (χ0v) is 10.2. The fourth-order valence-corrected chi connectivity index (χ4v) is 2.43. The van der Waals surface area contributed by atoms with Crippen molar-refractivity contribution in [2.24, 2.45) is 5.73 Å². The smallest absolute Gasteiger partial charge is 0.249 e. The van der Waals surface area contributed by atoms with Crippen LogP contribution >= 0.6 is 0 Å². The average molecular weight is 267 g/mol. The van der Waals surface area contributed by atoms with Gasteiger partial charge in [-0.3, -0.25) is 14.4 Å². The first-order valence-corrected chi connectivity index (χ1v) is 5.86. The van der Waals surface area contributed by atoms with Crippen LogP contribution in [0.25, 0.3) is 0 Å². The number of primary amides is 1. The maximum atomic E-state index is 12.5. The van der Waals surface area contributed by atoms with Gasteiger partial charge in [-0.25, -0.2) is 0 Å². The van der Waals surface area contributed by atoms with Gasteiger partial charge in [0.25, 0.3) is 0 Å². The molecule has 5 heteroatoms. The van der Waals surface area contributed by atoms with E-state index in [-0.39, 0.29) is 33.6 Å². The quantitative estimate of drug-likeness (QED) is 0.693. The molecular weight excluding hydrogens is 258 g/mol. The molecule has 0 atom stereocenters. The van der Waals surface area contributed by atoms with Crippen molar-refractivity contribution in [3.63, 3.8) is 0 Å². The summed E-state index contributed by atoms with van der Waals surface area (Å²) in [5, 5.41) is 9.78. The van der Waals surface area contributed by atoms with E-state index >= 15 is 0 Å². The molecule has 3 N–H and O–H groups in total. The first kappa shape index (κ1) is 12.1. The number of rotatable bonds is 1. The van der Waals surface area contributed by atoms with Gasteiger partial charge in [0.15, 0.2) is 11.6 Å². The number of amides is 1. The van der Waals surface area contributed by atoms with Crippen LogP contribution in [-0.2, 0) is 0 Å². The van der Waals surface area contributed by atoms with Crippen molar-refractivity contribution in [2.75, 3.05) is 0 Å². The van der Waals surface area contributed by atoms with E-state index in [1.54, 1.807) is 0 Å². The van der Waals surface area contributed by atoms with E-state index in [1.165, 1.54) is 36.4 Å². The van der Waals surface area contributed by atoms with Crippen LogP contribution in [0.2, 0.25) is 0 Å². The summed E-state index contributed by atoms with van der Waals surface area (Å²) in [6.07, 6.45) is 0. The predicted molar refractivity (Wildman–Crippen MR) is 69.9 cm³/mol. The van der Waals surface area contributed by atoms with Crippen molar-refractivity contribution in [3.8, 4) is 5.75 Å². The molecule has 0 aliphatic heterocycles. The Bertz CT molecular complexity index is 792. The van der Waals surface area contributed by atoms with Gasteiger partial charge in [0.05, 0.1) is 11.1 Å². The van der Waals surface area contributed by atoms with Crippen LogP contribution in [-0.4, -0.2) is 22.6 Å². The monoisotopic (exact) mass is 267 g/mol. The Kier molecular flexibility index (Phi) is 2.44. The Labute approximate surface area is 113 Å². The van der Waals surface area contributed by atoms with Crippen molar-refractivity contribution in [2.45, 2.75) is 0 Å². The van der Waals surface area contributed by atoms with Gasteiger partial charge in [0.1, 0.15) is 5.75 Å². The van der Waals surface area contributed by atoms with E-state index in [2.05, 4.69) is 0 Å². The molecule has 0 spiro atoms. The number of phenols is 1. The first-order chi connectivity index (χ1) is 9.52. The number of hydrogen-bond acceptors (Lipinski definition) is 4. The van der Waals surface area contributed by atoms with Gasteiger partial charge in [-0.1, -0.05) is 24.3 Å². The summed E-state index contributed by atoms with van der Waals surface area (Å²) in [4.78, 5) is 36.3. The number of fused-ring (bicyclic) bond motifs is 2. The highest BCUT2D eigenvalue weighted by molar-refractivity contribution is 6.31. The molecule has 0 saturated carbocycles. The summed E-state index contributed by atoms with van der Waals surface area (Å²) in [5.74, 6) is -2.00. The summed E-state index contributed by atoms with van der Waals surface area (Å²) >= 11 is 0. The van der Waals surface area contributed by atoms with Crippen molar-refractivity contribution in [3.05, 3.63) is 64.2 Å². The number of nitrogens with two attached hydrogens (primary N) is 1. The molecule has 0 bridgehead atoms. The molecule has 1 amide bonds. The van der Waals surface area contributed by atoms with Crippen molar-refractivity contribution in [1.82, 2.24) is 0 Å². The average Bonchev–Trinajstić information content (AvgIpc) is 2.43. The van der Waals surface area contributed by atoms with Gasteiger partial charge in [-0.2, -0.15) is 0 Å². The largest absolute Gasteiger partial charge is 0.507 e. The topological polar surface area (TPSA) is 97.5 Å². The molecule has 0 saturated heterocycles. The van der Waals surface area contributed by atoms with E-state index in [4.69, 9.17) is 5.73 Å². The summed E-state index contributed by atoms with van der Waals surface area (Å²) in [7, 11) is 0. The first-order valence-electron chi connectivity index (χ1n) is 5.86. The third-order valence-electron chi connectivity index (χ3n) is 3.32. The number of hydrogen-bond donors (Lipinski definition) is 2. The molecule has 5 nitrogen and oxygen atoms in total. The van der Waals surface area contributed by atoms with Crippen molar-refractivity contribution >= 4 is 17.5 Å². The molecule has 2 aromatic rings. The number of carbonyl (C=O) groups is 3. The van der Waals surface area contributed by atoms with Crippen LogP contribution < -0.4 is 5.73 Å². The molecule has 20 heavy (non-hydrogen) atoms. The highest BCUT2D eigenvalue weighted by atomic mass is 16.3. The van der Waals surface area contributed by atoms with E-state index in [9.17, 15) is 19.5 Å². The third-order valence-corrected chi connectivity index (χ3v) is 3.32. The number of phenolic OH excluding ortho intramolecular Hbond substituents is 1. The zero-order chi connectivity index (χ0) is 14.4. The molecule has 0 aromatic heterocycles. The molecule has 0 unspecified atom stereocenters. The molecule has 0 heterocycles. The van der Waals surface area contributed by atoms with Gasteiger partial charge >= 0.3 is 0 Å². The van der Waals surface area contributed by atoms with Crippen molar-refractivity contribution in [1.29, 1.82) is 0 Å². The van der Waals surface area contributed by atoms with Crippen LogP contribution in [0.15, 0.2) is 36.4 Å². The SMILES string of the molecule is NC(=O)c1cccc2c1C(=O)c1cccc(O)c1C2=O. The molecule has 3 rings (SSSR count). The fraction of sp³-hybridized carbons (Fsp3) is 0. The standard InChI is InChI=1S/C15H9NO4/c16-15(20)9-5-1-3-7-11(9)13(18)8-4-2-6-10(17)12(8)14(7)19/h1-6,17H,(H2,16,20). The highest BCUT2D eigenvalue weighted by Crippen LogP contribution is 2.33. The Morgan fingerprint density at radius 2 is 1.45 bits per heavy atom. The minimum atomic E-state index is -0.772. The van der Waals surface area contributed by atoms with Crippen LogP contribution in [0.1, 0.15) is 42.2 Å². The number of carbonyl (C=O) groups excluding carboxylic acids is 3. The van der Waals surface area contributed by atoms with Gasteiger partial charge in [-0.15, -0.1) is 0 Å². The third kappa shape index (κ3) is 1.46. The summed E-state index contributed by atoms with van der Waals surface area (Å²) in [5.41, 5.74) is 5.38. The van der Waals surface area contributed by atoms with Crippen molar-refractivity contribution < 1.29 is 19.5 Å². The number of benzene rings is 2. The van der Waals surface area contributed by atoms with Crippen LogP contribution in [0, 0.1) is 0 Å². The van der Waals surface area contributed by atoms with E-state index < -0.39 is 17.5 Å². The molecule has 98 valence electrons. The summed E-state index contributed by atoms with van der Waals surface area (Å²) < 4.78 is 0. The Morgan fingerprint density at radius 3 is 2.10 bits per heavy atom. The van der Waals surface area contributed by atoms with Gasteiger partial charge in [0.2, 0.25) is 5.91 Å². The molecule has 0 fully saturated rings.